The molecule has 1 aliphatic heterocycles. The third-order valence-electron chi connectivity index (χ3n) is 7.06. The van der Waals surface area contributed by atoms with Gasteiger partial charge in [-0.25, -0.2) is 19.5 Å². The number of fused-ring (bicyclic) bond motifs is 1. The zero-order valence-corrected chi connectivity index (χ0v) is 27.5. The van der Waals surface area contributed by atoms with Crippen molar-refractivity contribution < 1.29 is 24.2 Å². The Labute approximate surface area is 264 Å². The normalized spacial score (nSPS) is 16.7. The highest BCUT2D eigenvalue weighted by Crippen LogP contribution is 2.42. The first-order valence-electron chi connectivity index (χ1n) is 15.4. The van der Waals surface area contributed by atoms with E-state index in [0.29, 0.717) is 47.5 Å². The Morgan fingerprint density at radius 1 is 1.07 bits per heavy atom. The van der Waals surface area contributed by atoms with Gasteiger partial charge in [0.1, 0.15) is 22.8 Å². The molecule has 0 bridgehead atoms. The fraction of sp³-hybridized carbons (Fsp3) is 0.545. The minimum Gasteiger partial charge on any atom is -0.444 e. The molecule has 2 aliphatic rings. The van der Waals surface area contributed by atoms with Gasteiger partial charge in [-0.15, -0.1) is 0 Å². The predicted molar refractivity (Wildman–Crippen MR) is 172 cm³/mol. The highest BCUT2D eigenvalue weighted by Gasteiger charge is 2.32. The number of hydrogen-bond acceptors (Lipinski definition) is 9. The van der Waals surface area contributed by atoms with Crippen molar-refractivity contribution in [3.8, 4) is 6.07 Å². The van der Waals surface area contributed by atoms with Crippen molar-refractivity contribution >= 4 is 35.2 Å². The summed E-state index contributed by atoms with van der Waals surface area (Å²) < 4.78 is 12.6. The molecule has 1 saturated heterocycles. The second-order valence-electron chi connectivity index (χ2n) is 13.6. The summed E-state index contributed by atoms with van der Waals surface area (Å²) in [7, 11) is 1.79. The SMILES string of the molecule is CC(C)(C)OC(=O)N1CCCC(O)C1.CNc1cc(N(C(=O)OC(C)(C)C)c2cc(C)cc(C#N)c2)n2ncc(C3CC3)c2n1. The van der Waals surface area contributed by atoms with Crippen LogP contribution in [0.5, 0.6) is 0 Å². The summed E-state index contributed by atoms with van der Waals surface area (Å²) in [6.45, 7) is 13.9. The average molecular weight is 620 g/mol. The molecular weight excluding hydrogens is 574 g/mol. The monoisotopic (exact) mass is 619 g/mol. The number of aryl methyl sites for hydroxylation is 1. The van der Waals surface area contributed by atoms with Crippen LogP contribution < -0.4 is 10.2 Å². The van der Waals surface area contributed by atoms with Gasteiger partial charge >= 0.3 is 12.2 Å². The number of nitrogens with one attached hydrogen (secondary N) is 1. The molecule has 3 heterocycles. The van der Waals surface area contributed by atoms with E-state index in [1.54, 1.807) is 34.7 Å². The third kappa shape index (κ3) is 8.85. The van der Waals surface area contributed by atoms with Gasteiger partial charge in [-0.3, -0.25) is 0 Å². The Kier molecular flexibility index (Phi) is 9.92. The second kappa shape index (κ2) is 13.3. The molecule has 45 heavy (non-hydrogen) atoms. The minimum absolute atomic E-state index is 0.323. The van der Waals surface area contributed by atoms with Crippen molar-refractivity contribution in [1.29, 1.82) is 5.26 Å². The number of hydrogen-bond donors (Lipinski definition) is 2. The van der Waals surface area contributed by atoms with E-state index in [-0.39, 0.29) is 6.09 Å². The van der Waals surface area contributed by atoms with Crippen molar-refractivity contribution in [1.82, 2.24) is 19.5 Å². The van der Waals surface area contributed by atoms with Crippen LogP contribution in [-0.2, 0) is 9.47 Å². The maximum Gasteiger partial charge on any atom is 0.420 e. The average Bonchev–Trinajstić information content (AvgIpc) is 3.69. The van der Waals surface area contributed by atoms with Gasteiger partial charge in [0, 0.05) is 31.8 Å². The van der Waals surface area contributed by atoms with Crippen LogP contribution in [0, 0.1) is 18.3 Å². The molecule has 3 aromatic rings. The lowest BCUT2D eigenvalue weighted by molar-refractivity contribution is 0.00390. The largest absolute Gasteiger partial charge is 0.444 e. The molecule has 1 aliphatic carbocycles. The Bertz CT molecular complexity index is 1580. The van der Waals surface area contributed by atoms with E-state index < -0.39 is 23.4 Å². The number of aliphatic hydroxyl groups is 1. The van der Waals surface area contributed by atoms with Crippen molar-refractivity contribution in [3.63, 3.8) is 0 Å². The van der Waals surface area contributed by atoms with Crippen LogP contribution in [0.4, 0.5) is 26.9 Å². The highest BCUT2D eigenvalue weighted by atomic mass is 16.6. The van der Waals surface area contributed by atoms with Gasteiger partial charge in [0.05, 0.1) is 29.6 Å². The molecule has 2 amide bonds. The maximum atomic E-state index is 13.4. The highest BCUT2D eigenvalue weighted by molar-refractivity contribution is 5.96. The number of rotatable bonds is 4. The summed E-state index contributed by atoms with van der Waals surface area (Å²) in [5, 5.41) is 26.5. The topological polar surface area (TPSA) is 145 Å². The zero-order valence-electron chi connectivity index (χ0n) is 27.5. The summed E-state index contributed by atoms with van der Waals surface area (Å²) in [6, 6.07) is 9.22. The van der Waals surface area contributed by atoms with Gasteiger partial charge in [-0.2, -0.15) is 14.9 Å². The lowest BCUT2D eigenvalue weighted by Crippen LogP contribution is -2.44. The quantitative estimate of drug-likeness (QED) is 0.345. The van der Waals surface area contributed by atoms with Crippen LogP contribution in [0.3, 0.4) is 0 Å². The molecule has 1 saturated carbocycles. The number of benzene rings is 1. The molecule has 2 N–H and O–H groups in total. The molecule has 1 unspecified atom stereocenters. The third-order valence-corrected chi connectivity index (χ3v) is 7.06. The number of carbonyl (C=O) groups is 2. The molecule has 0 radical (unpaired) electrons. The van der Waals surface area contributed by atoms with Gasteiger partial charge < -0.3 is 24.8 Å². The van der Waals surface area contributed by atoms with Crippen LogP contribution >= 0.6 is 0 Å². The smallest absolute Gasteiger partial charge is 0.420 e. The number of carbonyl (C=O) groups excluding carboxylic acids is 2. The van der Waals surface area contributed by atoms with E-state index in [0.717, 1.165) is 36.8 Å². The number of likely N-dealkylation sites (tertiary alicyclic amines) is 1. The van der Waals surface area contributed by atoms with E-state index >= 15 is 0 Å². The maximum absolute atomic E-state index is 13.4. The Balaban J connectivity index is 0.000000276. The van der Waals surface area contributed by atoms with Gasteiger partial charge in [-0.1, -0.05) is 0 Å². The molecule has 5 rings (SSSR count). The van der Waals surface area contributed by atoms with E-state index in [1.165, 1.54) is 4.90 Å². The van der Waals surface area contributed by atoms with Crippen LogP contribution in [-0.4, -0.2) is 74.2 Å². The Morgan fingerprint density at radius 3 is 2.33 bits per heavy atom. The van der Waals surface area contributed by atoms with Crippen LogP contribution in [0.1, 0.15) is 89.8 Å². The zero-order chi connectivity index (χ0) is 33.1. The summed E-state index contributed by atoms with van der Waals surface area (Å²) in [6.07, 6.45) is 4.41. The predicted octanol–water partition coefficient (Wildman–Crippen LogP) is 6.28. The number of piperidine rings is 1. The number of ether oxygens (including phenoxy) is 2. The summed E-state index contributed by atoms with van der Waals surface area (Å²) >= 11 is 0. The van der Waals surface area contributed by atoms with Crippen LogP contribution in [0.15, 0.2) is 30.5 Å². The summed E-state index contributed by atoms with van der Waals surface area (Å²) in [5.41, 5.74) is 2.49. The molecule has 0 spiro atoms. The first-order chi connectivity index (χ1) is 21.1. The number of aliphatic hydroxyl groups excluding tert-OH is 1. The molecular formula is C33H45N7O5. The fourth-order valence-corrected chi connectivity index (χ4v) is 4.98. The number of β-amino-alcohol motifs (C(OH)–C–C–N with tert-alkyl or cyclic N) is 1. The number of nitriles is 1. The number of anilines is 3. The number of nitrogens with zero attached hydrogens (tertiary/aromatic N) is 6. The van der Waals surface area contributed by atoms with E-state index in [1.807, 2.05) is 60.7 Å². The fourth-order valence-electron chi connectivity index (χ4n) is 4.98. The second-order valence-corrected chi connectivity index (χ2v) is 13.6. The van der Waals surface area contributed by atoms with E-state index in [9.17, 15) is 20.0 Å². The van der Waals surface area contributed by atoms with Gasteiger partial charge in [0.2, 0.25) is 0 Å². The van der Waals surface area contributed by atoms with Crippen molar-refractivity contribution in [2.75, 3.05) is 30.4 Å². The van der Waals surface area contributed by atoms with Crippen molar-refractivity contribution in [2.45, 2.75) is 97.4 Å². The number of aromatic nitrogens is 3. The Morgan fingerprint density at radius 2 is 1.76 bits per heavy atom. The van der Waals surface area contributed by atoms with Crippen LogP contribution in [0.2, 0.25) is 0 Å². The molecule has 2 fully saturated rings. The number of amides is 2. The van der Waals surface area contributed by atoms with Gasteiger partial charge in [0.15, 0.2) is 5.65 Å². The Hall–Kier alpha value is -4.37. The molecule has 242 valence electrons. The minimum atomic E-state index is -0.696. The lowest BCUT2D eigenvalue weighted by atomic mass is 10.1. The lowest BCUT2D eigenvalue weighted by Gasteiger charge is -2.32. The van der Waals surface area contributed by atoms with E-state index in [4.69, 9.17) is 14.5 Å². The van der Waals surface area contributed by atoms with Crippen molar-refractivity contribution in [2.24, 2.45) is 0 Å². The molecule has 12 nitrogen and oxygen atoms in total. The first-order valence-corrected chi connectivity index (χ1v) is 15.4. The molecule has 2 aromatic heterocycles. The summed E-state index contributed by atoms with van der Waals surface area (Å²) in [5.74, 6) is 1.56. The molecule has 12 heteroatoms. The van der Waals surface area contributed by atoms with Gasteiger partial charge in [-0.05, 0) is 104 Å². The molecule has 1 atom stereocenters. The van der Waals surface area contributed by atoms with E-state index in [2.05, 4.69) is 16.5 Å². The van der Waals surface area contributed by atoms with Crippen LogP contribution in [0.25, 0.3) is 5.65 Å². The molecule has 1 aromatic carbocycles. The summed E-state index contributed by atoms with van der Waals surface area (Å²) in [4.78, 5) is 32.7. The van der Waals surface area contributed by atoms with Crippen molar-refractivity contribution in [3.05, 3.63) is 47.2 Å². The standard InChI is InChI=1S/C23H26N6O2.C10H19NO3/c1-14-8-15(12-24)10-17(9-14)28(22(30)31-23(2,3)4)20-11-19(25-5)27-21-18(16-6-7-16)13-26-29(20)21;1-10(2,3)14-9(13)11-6-4-5-8(12)7-11/h8-11,13,16H,6-7H2,1-5H3,(H,25,27);8,12H,4-7H2,1-3H3. The first kappa shape index (κ1) is 33.5. The van der Waals surface area contributed by atoms with Gasteiger partial charge in [0.25, 0.3) is 0 Å².